The highest BCUT2D eigenvalue weighted by Crippen LogP contribution is 2.20. The van der Waals surface area contributed by atoms with Crippen LogP contribution in [0.1, 0.15) is 15.9 Å². The molecule has 4 nitrogen and oxygen atoms in total. The molecule has 0 aliphatic rings. The largest absolute Gasteiger partial charge is 0.478 e. The Kier molecular flexibility index (Phi) is 2.25. The number of hydrogen-bond acceptors (Lipinski definition) is 2. The Balaban J connectivity index is 2.52. The molecule has 4 heteroatoms. The van der Waals surface area contributed by atoms with Crippen LogP contribution in [0.5, 0.6) is 0 Å². The third-order valence-electron chi connectivity index (χ3n) is 2.28. The number of aryl methyl sites for hydroxylation is 1. The second-order valence-corrected chi connectivity index (χ2v) is 3.31. The summed E-state index contributed by atoms with van der Waals surface area (Å²) in [5, 5.41) is 15.6. The molecule has 0 saturated carbocycles. The van der Waals surface area contributed by atoms with Gasteiger partial charge in [-0.2, -0.15) is 5.10 Å². The summed E-state index contributed by atoms with van der Waals surface area (Å²) in [7, 11) is 0. The van der Waals surface area contributed by atoms with Crippen molar-refractivity contribution in [2.75, 3.05) is 0 Å². The van der Waals surface area contributed by atoms with Crippen molar-refractivity contribution in [1.82, 2.24) is 10.2 Å². The lowest BCUT2D eigenvalue weighted by Gasteiger charge is -2.03. The van der Waals surface area contributed by atoms with Gasteiger partial charge in [-0.05, 0) is 24.6 Å². The molecule has 1 heterocycles. The molecule has 2 N–H and O–H groups in total. The van der Waals surface area contributed by atoms with Crippen molar-refractivity contribution in [3.63, 3.8) is 0 Å². The molecule has 0 spiro atoms. The van der Waals surface area contributed by atoms with Gasteiger partial charge in [0.1, 0.15) is 0 Å². The molecular weight excluding hydrogens is 192 g/mol. The minimum absolute atomic E-state index is 0.321. The summed E-state index contributed by atoms with van der Waals surface area (Å²) in [4.78, 5) is 10.9. The van der Waals surface area contributed by atoms with Gasteiger partial charge in [0.05, 0.1) is 11.3 Å². The van der Waals surface area contributed by atoms with Crippen LogP contribution in [-0.4, -0.2) is 21.3 Å². The van der Waals surface area contributed by atoms with E-state index in [1.807, 2.05) is 6.07 Å². The maximum atomic E-state index is 10.9. The van der Waals surface area contributed by atoms with Crippen molar-refractivity contribution in [1.29, 1.82) is 0 Å². The first-order valence-electron chi connectivity index (χ1n) is 4.52. The molecular formula is C11H10N2O2. The lowest BCUT2D eigenvalue weighted by molar-refractivity contribution is 0.0696. The molecule has 0 aliphatic carbocycles. The Morgan fingerprint density at radius 1 is 1.40 bits per heavy atom. The highest BCUT2D eigenvalue weighted by atomic mass is 16.4. The van der Waals surface area contributed by atoms with E-state index in [4.69, 9.17) is 5.11 Å². The summed E-state index contributed by atoms with van der Waals surface area (Å²) in [6.07, 6.45) is 1.63. The van der Waals surface area contributed by atoms with E-state index in [2.05, 4.69) is 10.2 Å². The summed E-state index contributed by atoms with van der Waals surface area (Å²) < 4.78 is 0. The summed E-state index contributed by atoms with van der Waals surface area (Å²) in [6, 6.07) is 7.11. The molecule has 0 unspecified atom stereocenters. The van der Waals surface area contributed by atoms with Crippen LogP contribution >= 0.6 is 0 Å². The number of aromatic nitrogens is 2. The molecule has 15 heavy (non-hydrogen) atoms. The van der Waals surface area contributed by atoms with Crippen LogP contribution in [-0.2, 0) is 0 Å². The van der Waals surface area contributed by atoms with Crippen LogP contribution in [0.4, 0.5) is 0 Å². The van der Waals surface area contributed by atoms with Gasteiger partial charge in [-0.3, -0.25) is 5.10 Å². The van der Waals surface area contributed by atoms with Crippen molar-refractivity contribution in [2.24, 2.45) is 0 Å². The topological polar surface area (TPSA) is 66.0 Å². The van der Waals surface area contributed by atoms with E-state index in [0.29, 0.717) is 5.56 Å². The fourth-order valence-corrected chi connectivity index (χ4v) is 1.44. The Labute approximate surface area is 86.6 Å². The normalized spacial score (nSPS) is 10.2. The zero-order valence-corrected chi connectivity index (χ0v) is 8.19. The van der Waals surface area contributed by atoms with Gasteiger partial charge in [0.15, 0.2) is 0 Å². The average Bonchev–Trinajstić information content (AvgIpc) is 2.71. The predicted octanol–water partition coefficient (Wildman–Crippen LogP) is 2.08. The molecule has 1 aromatic heterocycles. The van der Waals surface area contributed by atoms with E-state index in [1.54, 1.807) is 31.3 Å². The number of carboxylic acid groups (broad SMARTS) is 1. The first-order chi connectivity index (χ1) is 7.18. The minimum Gasteiger partial charge on any atom is -0.478 e. The standard InChI is InChI=1S/C11H10N2O2/c1-7-2-3-8(6-9(7)11(14)15)10-4-5-12-13-10/h2-6H,1H3,(H,12,13)(H,14,15). The van der Waals surface area contributed by atoms with Gasteiger partial charge in [0, 0.05) is 11.8 Å². The van der Waals surface area contributed by atoms with Gasteiger partial charge in [0.2, 0.25) is 0 Å². The maximum absolute atomic E-state index is 10.9. The lowest BCUT2D eigenvalue weighted by atomic mass is 10.0. The number of H-pyrrole nitrogens is 1. The second-order valence-electron chi connectivity index (χ2n) is 3.31. The number of hydrogen-bond donors (Lipinski definition) is 2. The molecule has 76 valence electrons. The Hall–Kier alpha value is -2.10. The Bertz CT molecular complexity index is 489. The summed E-state index contributed by atoms with van der Waals surface area (Å²) >= 11 is 0. The van der Waals surface area contributed by atoms with Gasteiger partial charge in [0.25, 0.3) is 0 Å². The van der Waals surface area contributed by atoms with Crippen LogP contribution < -0.4 is 0 Å². The van der Waals surface area contributed by atoms with E-state index in [0.717, 1.165) is 16.8 Å². The summed E-state index contributed by atoms with van der Waals surface area (Å²) in [5.41, 5.74) is 2.72. The van der Waals surface area contributed by atoms with Crippen molar-refractivity contribution < 1.29 is 9.90 Å². The second kappa shape index (κ2) is 3.57. The molecule has 0 radical (unpaired) electrons. The number of nitrogens with one attached hydrogen (secondary N) is 1. The zero-order chi connectivity index (χ0) is 10.8. The van der Waals surface area contributed by atoms with Crippen LogP contribution in [0.15, 0.2) is 30.5 Å². The highest BCUT2D eigenvalue weighted by Gasteiger charge is 2.08. The predicted molar refractivity (Wildman–Crippen MR) is 55.7 cm³/mol. The molecule has 2 aromatic rings. The molecule has 0 bridgehead atoms. The number of nitrogens with zero attached hydrogens (tertiary/aromatic N) is 1. The van der Waals surface area contributed by atoms with Gasteiger partial charge >= 0.3 is 5.97 Å². The molecule has 2 rings (SSSR count). The number of carbonyl (C=O) groups is 1. The van der Waals surface area contributed by atoms with Crippen LogP contribution in [0.2, 0.25) is 0 Å². The molecule has 0 fully saturated rings. The van der Waals surface area contributed by atoms with Gasteiger partial charge in [-0.1, -0.05) is 12.1 Å². The van der Waals surface area contributed by atoms with Crippen molar-refractivity contribution in [3.8, 4) is 11.3 Å². The lowest BCUT2D eigenvalue weighted by Crippen LogP contribution is -1.99. The molecule has 0 aliphatic heterocycles. The van der Waals surface area contributed by atoms with E-state index < -0.39 is 5.97 Å². The van der Waals surface area contributed by atoms with Gasteiger partial charge in [-0.15, -0.1) is 0 Å². The van der Waals surface area contributed by atoms with Crippen molar-refractivity contribution >= 4 is 5.97 Å². The molecule has 1 aromatic carbocycles. The van der Waals surface area contributed by atoms with Crippen LogP contribution in [0.25, 0.3) is 11.3 Å². The van der Waals surface area contributed by atoms with Gasteiger partial charge in [-0.25, -0.2) is 4.79 Å². The first-order valence-corrected chi connectivity index (χ1v) is 4.52. The SMILES string of the molecule is Cc1ccc(-c2ccn[nH]2)cc1C(=O)O. The maximum Gasteiger partial charge on any atom is 0.335 e. The number of aromatic carboxylic acids is 1. The molecule has 0 amide bonds. The fourth-order valence-electron chi connectivity index (χ4n) is 1.44. The highest BCUT2D eigenvalue weighted by molar-refractivity contribution is 5.90. The quantitative estimate of drug-likeness (QED) is 0.783. The first kappa shape index (κ1) is 9.45. The smallest absolute Gasteiger partial charge is 0.335 e. The third-order valence-corrected chi connectivity index (χ3v) is 2.28. The Morgan fingerprint density at radius 2 is 2.20 bits per heavy atom. The number of benzene rings is 1. The molecule has 0 saturated heterocycles. The van der Waals surface area contributed by atoms with Crippen LogP contribution in [0.3, 0.4) is 0 Å². The number of carboxylic acids is 1. The van der Waals surface area contributed by atoms with E-state index in [-0.39, 0.29) is 0 Å². The zero-order valence-electron chi connectivity index (χ0n) is 8.19. The summed E-state index contributed by atoms with van der Waals surface area (Å²) in [6.45, 7) is 1.78. The van der Waals surface area contributed by atoms with Crippen molar-refractivity contribution in [3.05, 3.63) is 41.6 Å². The third kappa shape index (κ3) is 1.74. The number of rotatable bonds is 2. The fraction of sp³-hybridized carbons (Fsp3) is 0.0909. The Morgan fingerprint density at radius 3 is 2.80 bits per heavy atom. The molecule has 0 atom stereocenters. The van der Waals surface area contributed by atoms with E-state index in [9.17, 15) is 4.79 Å². The van der Waals surface area contributed by atoms with Crippen LogP contribution in [0, 0.1) is 6.92 Å². The van der Waals surface area contributed by atoms with E-state index >= 15 is 0 Å². The minimum atomic E-state index is -0.908. The average molecular weight is 202 g/mol. The van der Waals surface area contributed by atoms with Crippen molar-refractivity contribution in [2.45, 2.75) is 6.92 Å². The monoisotopic (exact) mass is 202 g/mol. The number of aromatic amines is 1. The summed E-state index contributed by atoms with van der Waals surface area (Å²) in [5.74, 6) is -0.908. The van der Waals surface area contributed by atoms with Gasteiger partial charge < -0.3 is 5.11 Å². The van der Waals surface area contributed by atoms with E-state index in [1.165, 1.54) is 0 Å².